The molecule has 0 saturated heterocycles. The van der Waals surface area contributed by atoms with Crippen molar-refractivity contribution in [2.45, 2.75) is 103 Å². The van der Waals surface area contributed by atoms with Gasteiger partial charge in [0.1, 0.15) is 0 Å². The summed E-state index contributed by atoms with van der Waals surface area (Å²) in [6.45, 7) is 17.9. The maximum Gasteiger partial charge on any atom is 0.0750 e. The molecule has 0 fully saturated rings. The van der Waals surface area contributed by atoms with Crippen LogP contribution < -0.4 is 0 Å². The molecule has 0 saturated carbocycles. The first kappa shape index (κ1) is 23.4. The van der Waals surface area contributed by atoms with Crippen molar-refractivity contribution in [1.29, 1.82) is 0 Å². The summed E-state index contributed by atoms with van der Waals surface area (Å²) in [6, 6.07) is 17.5. The molecular weight excluding hydrogens is 396 g/mol. The SMILES string of the molecule is CCC1(CC)c2ccccc2C(CC)(CC)N1OON1C(C)(C)c2ccccc2C1(C)C. The van der Waals surface area contributed by atoms with Crippen LogP contribution in [0.2, 0.25) is 0 Å². The van der Waals surface area contributed by atoms with Crippen molar-refractivity contribution in [3.63, 3.8) is 0 Å². The highest BCUT2D eigenvalue weighted by molar-refractivity contribution is 5.44. The highest BCUT2D eigenvalue weighted by atomic mass is 17.3. The second kappa shape index (κ2) is 7.95. The Kier molecular flexibility index (Phi) is 5.82. The van der Waals surface area contributed by atoms with Crippen LogP contribution in [0.5, 0.6) is 0 Å². The fraction of sp³-hybridized carbons (Fsp3) is 0.571. The quantitative estimate of drug-likeness (QED) is 0.336. The molecule has 0 amide bonds. The summed E-state index contributed by atoms with van der Waals surface area (Å²) in [5.41, 5.74) is 4.26. The van der Waals surface area contributed by atoms with Gasteiger partial charge in [0.2, 0.25) is 0 Å². The van der Waals surface area contributed by atoms with Crippen molar-refractivity contribution in [1.82, 2.24) is 10.1 Å². The number of hydrogen-bond acceptors (Lipinski definition) is 4. The fourth-order valence-corrected chi connectivity index (χ4v) is 6.62. The van der Waals surface area contributed by atoms with Crippen molar-refractivity contribution in [2.75, 3.05) is 0 Å². The van der Waals surface area contributed by atoms with E-state index in [-0.39, 0.29) is 22.2 Å². The van der Waals surface area contributed by atoms with Gasteiger partial charge in [-0.15, -0.1) is 20.1 Å². The summed E-state index contributed by atoms with van der Waals surface area (Å²) >= 11 is 0. The van der Waals surface area contributed by atoms with E-state index in [4.69, 9.17) is 9.98 Å². The van der Waals surface area contributed by atoms with E-state index >= 15 is 0 Å². The van der Waals surface area contributed by atoms with Crippen molar-refractivity contribution < 1.29 is 9.98 Å². The van der Waals surface area contributed by atoms with Crippen LogP contribution >= 0.6 is 0 Å². The fourth-order valence-electron chi connectivity index (χ4n) is 6.62. The number of fused-ring (bicyclic) bond motifs is 2. The highest BCUT2D eigenvalue weighted by Gasteiger charge is 2.58. The number of nitrogens with zero attached hydrogens (tertiary/aromatic N) is 2. The van der Waals surface area contributed by atoms with E-state index in [0.29, 0.717) is 0 Å². The van der Waals surface area contributed by atoms with Crippen molar-refractivity contribution >= 4 is 0 Å². The van der Waals surface area contributed by atoms with Gasteiger partial charge in [0, 0.05) is 0 Å². The molecule has 0 N–H and O–H groups in total. The summed E-state index contributed by atoms with van der Waals surface area (Å²) in [7, 11) is 0. The van der Waals surface area contributed by atoms with Gasteiger partial charge in [0.25, 0.3) is 0 Å². The molecule has 2 aromatic carbocycles. The number of benzene rings is 2. The van der Waals surface area contributed by atoms with Crippen LogP contribution in [0.1, 0.15) is 103 Å². The van der Waals surface area contributed by atoms with Gasteiger partial charge in [-0.3, -0.25) is 0 Å². The zero-order valence-electron chi connectivity index (χ0n) is 21.2. The first-order valence-electron chi connectivity index (χ1n) is 12.3. The normalized spacial score (nSPS) is 22.6. The molecule has 0 bridgehead atoms. The maximum atomic E-state index is 6.53. The lowest BCUT2D eigenvalue weighted by Gasteiger charge is -2.46. The Bertz CT molecular complexity index is 899. The van der Waals surface area contributed by atoms with Gasteiger partial charge < -0.3 is 0 Å². The standard InChI is InChI=1S/C28H40N2O2/c1-9-27(10-2)23-19-15-16-20-24(23)28(11-3,12-4)30(27)32-31-29-25(5,6)21-17-13-14-18-22(21)26(29,7)8/h13-20H,9-12H2,1-8H3. The van der Waals surface area contributed by atoms with E-state index in [0.717, 1.165) is 25.7 Å². The Morgan fingerprint density at radius 1 is 0.531 bits per heavy atom. The van der Waals surface area contributed by atoms with Gasteiger partial charge in [-0.2, -0.15) is 0 Å². The minimum atomic E-state index is -0.311. The smallest absolute Gasteiger partial charge is 0.0750 e. The molecule has 2 aromatic rings. The van der Waals surface area contributed by atoms with Crippen LogP contribution in [-0.4, -0.2) is 10.1 Å². The lowest BCUT2D eigenvalue weighted by Crippen LogP contribution is -2.53. The van der Waals surface area contributed by atoms with Gasteiger partial charge in [0.15, 0.2) is 0 Å². The summed E-state index contributed by atoms with van der Waals surface area (Å²) in [5, 5.41) is 4.25. The van der Waals surface area contributed by atoms with E-state index in [1.54, 1.807) is 0 Å². The Morgan fingerprint density at radius 2 is 0.844 bits per heavy atom. The molecule has 0 atom stereocenters. The predicted molar refractivity (Wildman–Crippen MR) is 129 cm³/mol. The summed E-state index contributed by atoms with van der Waals surface area (Å²) in [6.07, 6.45) is 3.83. The third-order valence-electron chi connectivity index (χ3n) is 8.49. The topological polar surface area (TPSA) is 24.9 Å². The van der Waals surface area contributed by atoms with E-state index in [2.05, 4.69) is 109 Å². The molecule has 0 spiro atoms. The molecule has 0 unspecified atom stereocenters. The molecule has 2 aliphatic rings. The van der Waals surface area contributed by atoms with Crippen LogP contribution in [-0.2, 0) is 32.1 Å². The van der Waals surface area contributed by atoms with Gasteiger partial charge in [-0.05, 0) is 75.6 Å². The van der Waals surface area contributed by atoms with Crippen LogP contribution in [0.3, 0.4) is 0 Å². The van der Waals surface area contributed by atoms with E-state index in [9.17, 15) is 0 Å². The second-order valence-corrected chi connectivity index (χ2v) is 10.4. The molecule has 4 rings (SSSR count). The van der Waals surface area contributed by atoms with Gasteiger partial charge in [0.05, 0.1) is 22.2 Å². The zero-order valence-corrected chi connectivity index (χ0v) is 21.2. The lowest BCUT2D eigenvalue weighted by atomic mass is 9.83. The maximum absolute atomic E-state index is 6.53. The van der Waals surface area contributed by atoms with Crippen molar-refractivity contribution in [3.8, 4) is 0 Å². The third kappa shape index (κ3) is 2.89. The number of rotatable bonds is 7. The molecule has 2 aliphatic heterocycles. The average Bonchev–Trinajstić information content (AvgIpc) is 3.13. The first-order chi connectivity index (χ1) is 15.2. The zero-order chi connectivity index (χ0) is 23.4. The molecular formula is C28H40N2O2. The molecule has 4 nitrogen and oxygen atoms in total. The molecule has 174 valence electrons. The minimum absolute atomic E-state index is 0.219. The van der Waals surface area contributed by atoms with Crippen LogP contribution in [0.4, 0.5) is 0 Å². The van der Waals surface area contributed by atoms with E-state index < -0.39 is 0 Å². The molecule has 0 aliphatic carbocycles. The van der Waals surface area contributed by atoms with Gasteiger partial charge in [-0.1, -0.05) is 76.2 Å². The highest BCUT2D eigenvalue weighted by Crippen LogP contribution is 2.57. The molecule has 0 radical (unpaired) electrons. The van der Waals surface area contributed by atoms with Crippen molar-refractivity contribution in [3.05, 3.63) is 70.8 Å². The largest absolute Gasteiger partial charge is 0.135 e. The molecule has 0 aromatic heterocycles. The first-order valence-corrected chi connectivity index (χ1v) is 12.3. The van der Waals surface area contributed by atoms with Crippen LogP contribution in [0, 0.1) is 0 Å². The monoisotopic (exact) mass is 436 g/mol. The molecule has 32 heavy (non-hydrogen) atoms. The average molecular weight is 437 g/mol. The Morgan fingerprint density at radius 3 is 1.19 bits per heavy atom. The third-order valence-corrected chi connectivity index (χ3v) is 8.49. The Labute approximate surface area is 194 Å². The van der Waals surface area contributed by atoms with Crippen LogP contribution in [0.25, 0.3) is 0 Å². The number of hydroxylamine groups is 4. The van der Waals surface area contributed by atoms with Crippen LogP contribution in [0.15, 0.2) is 48.5 Å². The summed E-state index contributed by atoms with van der Waals surface area (Å²) in [4.78, 5) is 12.9. The predicted octanol–water partition coefficient (Wildman–Crippen LogP) is 7.30. The van der Waals surface area contributed by atoms with E-state index in [1.165, 1.54) is 22.3 Å². The minimum Gasteiger partial charge on any atom is -0.135 e. The lowest BCUT2D eigenvalue weighted by molar-refractivity contribution is -0.571. The summed E-state index contributed by atoms with van der Waals surface area (Å²) < 4.78 is 0. The van der Waals surface area contributed by atoms with E-state index in [1.807, 2.05) is 5.06 Å². The summed E-state index contributed by atoms with van der Waals surface area (Å²) in [5.74, 6) is 0. The molecule has 4 heteroatoms. The molecule has 2 heterocycles. The number of hydrogen-bond donors (Lipinski definition) is 0. The second-order valence-electron chi connectivity index (χ2n) is 10.4. The Hall–Kier alpha value is -1.72. The van der Waals surface area contributed by atoms with Crippen molar-refractivity contribution in [2.24, 2.45) is 0 Å². The van der Waals surface area contributed by atoms with Gasteiger partial charge >= 0.3 is 0 Å². The van der Waals surface area contributed by atoms with Gasteiger partial charge in [-0.25, -0.2) is 0 Å². The Balaban J connectivity index is 1.75.